The summed E-state index contributed by atoms with van der Waals surface area (Å²) in [6.07, 6.45) is 1.61. The average molecular weight is 350 g/mol. The van der Waals surface area contributed by atoms with Gasteiger partial charge in [0.15, 0.2) is 0 Å². The highest BCUT2D eigenvalue weighted by Crippen LogP contribution is 2.20. The number of amides is 1. The van der Waals surface area contributed by atoms with E-state index in [1.165, 1.54) is 24.3 Å². The van der Waals surface area contributed by atoms with Gasteiger partial charge in [-0.3, -0.25) is 4.79 Å². The summed E-state index contributed by atoms with van der Waals surface area (Å²) in [6, 6.07) is 15.0. The lowest BCUT2D eigenvalue weighted by molar-refractivity contribution is 0.0950. The zero-order valence-electron chi connectivity index (χ0n) is 14.6. The molecule has 0 saturated heterocycles. The van der Waals surface area contributed by atoms with Crippen molar-refractivity contribution in [1.82, 2.24) is 10.3 Å². The fraction of sp³-hybridized carbons (Fsp3) is 0.143. The lowest BCUT2D eigenvalue weighted by atomic mass is 10.1. The molecule has 0 unspecified atom stereocenters. The summed E-state index contributed by atoms with van der Waals surface area (Å²) in [4.78, 5) is 16.5. The van der Waals surface area contributed by atoms with Crippen LogP contribution in [-0.4, -0.2) is 10.9 Å². The maximum atomic E-state index is 12.9. The highest BCUT2D eigenvalue weighted by atomic mass is 19.1. The number of rotatable bonds is 5. The Hall–Kier alpha value is -3.21. The van der Waals surface area contributed by atoms with Crippen LogP contribution in [0, 0.1) is 19.7 Å². The molecular weight excluding hydrogens is 331 g/mol. The molecule has 26 heavy (non-hydrogen) atoms. The number of benzene rings is 2. The molecule has 0 aliphatic heterocycles. The predicted molar refractivity (Wildman–Crippen MR) is 97.8 cm³/mol. The number of aryl methyl sites for hydroxylation is 2. The van der Waals surface area contributed by atoms with Gasteiger partial charge in [0.2, 0.25) is 5.88 Å². The molecule has 0 aliphatic carbocycles. The van der Waals surface area contributed by atoms with E-state index in [4.69, 9.17) is 4.74 Å². The van der Waals surface area contributed by atoms with Gasteiger partial charge in [-0.25, -0.2) is 9.37 Å². The Labute approximate surface area is 151 Å². The van der Waals surface area contributed by atoms with E-state index in [2.05, 4.69) is 10.3 Å². The number of nitrogens with zero attached hydrogens (tertiary/aromatic N) is 1. The van der Waals surface area contributed by atoms with Crippen LogP contribution in [0.5, 0.6) is 11.6 Å². The van der Waals surface area contributed by atoms with Crippen LogP contribution in [0.1, 0.15) is 27.0 Å². The first-order chi connectivity index (χ1) is 12.5. The van der Waals surface area contributed by atoms with Gasteiger partial charge in [0.25, 0.3) is 5.91 Å². The Morgan fingerprint density at radius 1 is 1.04 bits per heavy atom. The highest BCUT2D eigenvalue weighted by Gasteiger charge is 2.07. The molecule has 0 atom stereocenters. The molecule has 1 aromatic heterocycles. The normalized spacial score (nSPS) is 10.4. The first-order valence-electron chi connectivity index (χ1n) is 8.24. The van der Waals surface area contributed by atoms with Gasteiger partial charge >= 0.3 is 0 Å². The van der Waals surface area contributed by atoms with Crippen LogP contribution in [0.4, 0.5) is 4.39 Å². The summed E-state index contributed by atoms with van der Waals surface area (Å²) in [5, 5.41) is 2.90. The minimum absolute atomic E-state index is 0.130. The summed E-state index contributed by atoms with van der Waals surface area (Å²) >= 11 is 0. The third-order valence-electron chi connectivity index (χ3n) is 3.77. The van der Waals surface area contributed by atoms with Crippen molar-refractivity contribution in [1.29, 1.82) is 0 Å². The van der Waals surface area contributed by atoms with Crippen molar-refractivity contribution in [3.63, 3.8) is 0 Å². The van der Waals surface area contributed by atoms with Crippen LogP contribution < -0.4 is 10.1 Å². The second-order valence-corrected chi connectivity index (χ2v) is 6.12. The van der Waals surface area contributed by atoms with Gasteiger partial charge in [-0.1, -0.05) is 17.2 Å². The van der Waals surface area contributed by atoms with Gasteiger partial charge in [0, 0.05) is 24.4 Å². The van der Waals surface area contributed by atoms with Crippen LogP contribution in [0.3, 0.4) is 0 Å². The molecule has 0 spiro atoms. The number of ether oxygens (including phenoxy) is 1. The standard InChI is InChI=1S/C21H19FN2O2/c1-14-9-15(2)11-17(10-14)21(25)24-13-16-7-8-23-20(12-16)26-19-5-3-18(22)4-6-19/h3-12H,13H2,1-2H3,(H,24,25). The van der Waals surface area contributed by atoms with Crippen LogP contribution in [0.25, 0.3) is 0 Å². The molecule has 0 aliphatic rings. The van der Waals surface area contributed by atoms with Crippen molar-refractivity contribution in [2.45, 2.75) is 20.4 Å². The predicted octanol–water partition coefficient (Wildman–Crippen LogP) is 4.56. The van der Waals surface area contributed by atoms with Crippen LogP contribution in [0.15, 0.2) is 60.8 Å². The zero-order valence-corrected chi connectivity index (χ0v) is 14.6. The highest BCUT2D eigenvalue weighted by molar-refractivity contribution is 5.94. The quantitative estimate of drug-likeness (QED) is 0.734. The Morgan fingerprint density at radius 2 is 1.73 bits per heavy atom. The lowest BCUT2D eigenvalue weighted by Gasteiger charge is -2.09. The molecule has 3 aromatic rings. The molecule has 4 nitrogen and oxygen atoms in total. The van der Waals surface area contributed by atoms with E-state index >= 15 is 0 Å². The van der Waals surface area contributed by atoms with Gasteiger partial charge < -0.3 is 10.1 Å². The molecule has 132 valence electrons. The van der Waals surface area contributed by atoms with E-state index < -0.39 is 0 Å². The van der Waals surface area contributed by atoms with Crippen molar-refractivity contribution in [2.75, 3.05) is 0 Å². The number of pyridine rings is 1. The van der Waals surface area contributed by atoms with Gasteiger partial charge in [0.1, 0.15) is 11.6 Å². The smallest absolute Gasteiger partial charge is 0.251 e. The van der Waals surface area contributed by atoms with Gasteiger partial charge in [-0.2, -0.15) is 0 Å². The number of carbonyl (C=O) groups excluding carboxylic acids is 1. The molecule has 0 fully saturated rings. The molecule has 2 aromatic carbocycles. The van der Waals surface area contributed by atoms with E-state index in [9.17, 15) is 9.18 Å². The number of halogens is 1. The van der Waals surface area contributed by atoms with E-state index in [0.717, 1.165) is 16.7 Å². The van der Waals surface area contributed by atoms with Crippen molar-refractivity contribution >= 4 is 5.91 Å². The summed E-state index contributed by atoms with van der Waals surface area (Å²) in [6.45, 7) is 4.28. The second-order valence-electron chi connectivity index (χ2n) is 6.12. The van der Waals surface area contributed by atoms with Crippen molar-refractivity contribution < 1.29 is 13.9 Å². The minimum Gasteiger partial charge on any atom is -0.439 e. The fourth-order valence-electron chi connectivity index (χ4n) is 2.63. The minimum atomic E-state index is -0.326. The number of carbonyl (C=O) groups is 1. The maximum absolute atomic E-state index is 12.9. The summed E-state index contributed by atoms with van der Waals surface area (Å²) in [7, 11) is 0. The molecule has 0 bridgehead atoms. The van der Waals surface area contributed by atoms with E-state index in [1.807, 2.05) is 32.0 Å². The number of nitrogens with one attached hydrogen (secondary N) is 1. The molecule has 3 rings (SSSR count). The van der Waals surface area contributed by atoms with Gasteiger partial charge in [0.05, 0.1) is 0 Å². The number of aromatic nitrogens is 1. The first-order valence-corrected chi connectivity index (χ1v) is 8.24. The average Bonchev–Trinajstić information content (AvgIpc) is 2.61. The topological polar surface area (TPSA) is 51.2 Å². The Kier molecular flexibility index (Phi) is 5.27. The van der Waals surface area contributed by atoms with Gasteiger partial charge in [-0.05, 0) is 61.9 Å². The van der Waals surface area contributed by atoms with E-state index in [0.29, 0.717) is 23.7 Å². The van der Waals surface area contributed by atoms with Gasteiger partial charge in [-0.15, -0.1) is 0 Å². The molecule has 5 heteroatoms. The third kappa shape index (κ3) is 4.66. The number of hydrogen-bond acceptors (Lipinski definition) is 3. The maximum Gasteiger partial charge on any atom is 0.251 e. The summed E-state index contributed by atoms with van der Waals surface area (Å²) in [5.41, 5.74) is 3.59. The molecule has 1 amide bonds. The molecule has 1 heterocycles. The monoisotopic (exact) mass is 350 g/mol. The van der Waals surface area contributed by atoms with Crippen molar-refractivity contribution in [3.8, 4) is 11.6 Å². The van der Waals surface area contributed by atoms with Crippen molar-refractivity contribution in [3.05, 3.63) is 88.9 Å². The molecule has 0 saturated carbocycles. The van der Waals surface area contributed by atoms with Crippen LogP contribution in [-0.2, 0) is 6.54 Å². The Bertz CT molecular complexity index is 903. The largest absolute Gasteiger partial charge is 0.439 e. The fourth-order valence-corrected chi connectivity index (χ4v) is 2.63. The number of hydrogen-bond donors (Lipinski definition) is 1. The van der Waals surface area contributed by atoms with Crippen LogP contribution >= 0.6 is 0 Å². The Balaban J connectivity index is 1.65. The van der Waals surface area contributed by atoms with Crippen LogP contribution in [0.2, 0.25) is 0 Å². The van der Waals surface area contributed by atoms with E-state index in [-0.39, 0.29) is 11.7 Å². The summed E-state index contributed by atoms with van der Waals surface area (Å²) in [5.74, 6) is 0.424. The summed E-state index contributed by atoms with van der Waals surface area (Å²) < 4.78 is 18.6. The third-order valence-corrected chi connectivity index (χ3v) is 3.77. The lowest BCUT2D eigenvalue weighted by Crippen LogP contribution is -2.23. The first kappa shape index (κ1) is 17.6. The molecular formula is C21H19FN2O2. The van der Waals surface area contributed by atoms with E-state index in [1.54, 1.807) is 18.3 Å². The van der Waals surface area contributed by atoms with Crippen molar-refractivity contribution in [2.24, 2.45) is 0 Å². The second kappa shape index (κ2) is 7.78. The zero-order chi connectivity index (χ0) is 18.5. The SMILES string of the molecule is Cc1cc(C)cc(C(=O)NCc2ccnc(Oc3ccc(F)cc3)c2)c1. The molecule has 1 N–H and O–H groups in total. The molecule has 0 radical (unpaired) electrons. The Morgan fingerprint density at radius 3 is 2.42 bits per heavy atom.